The van der Waals surface area contributed by atoms with Gasteiger partial charge in [-0.05, 0) is 71.3 Å². The Morgan fingerprint density at radius 3 is 1.33 bits per heavy atom. The third-order valence-electron chi connectivity index (χ3n) is 8.57. The number of H-pyrrole nitrogens is 2. The van der Waals surface area contributed by atoms with Gasteiger partial charge in [-0.2, -0.15) is 0 Å². The smallest absolute Gasteiger partial charge is 0.330 e. The van der Waals surface area contributed by atoms with Crippen molar-refractivity contribution in [3.8, 4) is 33.4 Å². The number of methoxy groups -OCH3 is 1. The van der Waals surface area contributed by atoms with Gasteiger partial charge in [0.25, 0.3) is 0 Å². The van der Waals surface area contributed by atoms with Crippen LogP contribution in [0.5, 0.6) is 0 Å². The first-order valence-corrected chi connectivity index (χ1v) is 15.7. The van der Waals surface area contributed by atoms with Crippen LogP contribution in [0.15, 0.2) is 121 Å². The minimum atomic E-state index is -0.445. The Balaban J connectivity index is 1.56. The van der Waals surface area contributed by atoms with Gasteiger partial charge in [0, 0.05) is 50.4 Å². The molecular formula is C42H30N4O2. The summed E-state index contributed by atoms with van der Waals surface area (Å²) in [5.74, 6) is -0.445. The minimum absolute atomic E-state index is 0.445. The second-order valence-electron chi connectivity index (χ2n) is 11.5. The van der Waals surface area contributed by atoms with Crippen LogP contribution in [-0.2, 0) is 9.53 Å². The maximum Gasteiger partial charge on any atom is 0.330 e. The van der Waals surface area contributed by atoms with Gasteiger partial charge >= 0.3 is 5.97 Å². The molecule has 0 spiro atoms. The number of rotatable bonds is 5. The second-order valence-corrected chi connectivity index (χ2v) is 11.5. The van der Waals surface area contributed by atoms with E-state index in [0.29, 0.717) is 0 Å². The zero-order valence-electron chi connectivity index (χ0n) is 26.1. The maximum atomic E-state index is 12.3. The molecule has 0 atom stereocenters. The summed E-state index contributed by atoms with van der Waals surface area (Å²) >= 11 is 0. The van der Waals surface area contributed by atoms with Crippen molar-refractivity contribution in [2.75, 3.05) is 7.11 Å². The lowest BCUT2D eigenvalue weighted by Gasteiger charge is -2.06. The molecule has 2 aliphatic heterocycles. The Morgan fingerprint density at radius 2 is 0.896 bits per heavy atom. The fraction of sp³-hybridized carbons (Fsp3) is 0.0238. The van der Waals surface area contributed by atoms with Crippen LogP contribution in [0.2, 0.25) is 0 Å². The largest absolute Gasteiger partial charge is 0.466 e. The van der Waals surface area contributed by atoms with Crippen LogP contribution in [0.1, 0.15) is 28.3 Å². The van der Waals surface area contributed by atoms with Gasteiger partial charge in [0.1, 0.15) is 0 Å². The topological polar surface area (TPSA) is 83.7 Å². The number of ether oxygens (including phenoxy) is 1. The molecule has 0 unspecified atom stereocenters. The van der Waals surface area contributed by atoms with Gasteiger partial charge in [-0.1, -0.05) is 91.0 Å². The van der Waals surface area contributed by atoms with Crippen LogP contribution in [0.25, 0.3) is 85.8 Å². The molecular weight excluding hydrogens is 592 g/mol. The Bertz CT molecular complexity index is 2400. The van der Waals surface area contributed by atoms with E-state index in [4.69, 9.17) is 14.7 Å². The second kappa shape index (κ2) is 12.3. The predicted octanol–water partition coefficient (Wildman–Crippen LogP) is 9.84. The highest BCUT2D eigenvalue weighted by molar-refractivity contribution is 5.99. The average molecular weight is 623 g/mol. The van der Waals surface area contributed by atoms with Gasteiger partial charge in [0.05, 0.1) is 29.9 Å². The first-order chi connectivity index (χ1) is 23.7. The van der Waals surface area contributed by atoms with Crippen molar-refractivity contribution in [2.24, 2.45) is 0 Å². The van der Waals surface area contributed by atoms with Crippen LogP contribution in [0.3, 0.4) is 0 Å². The van der Waals surface area contributed by atoms with E-state index in [1.807, 2.05) is 60.7 Å². The van der Waals surface area contributed by atoms with Gasteiger partial charge in [0.15, 0.2) is 0 Å². The maximum absolute atomic E-state index is 12.3. The number of fused-ring (bicyclic) bond motifs is 8. The van der Waals surface area contributed by atoms with Gasteiger partial charge in [0.2, 0.25) is 0 Å². The molecule has 0 saturated heterocycles. The van der Waals surface area contributed by atoms with E-state index in [1.165, 1.54) is 13.2 Å². The quantitative estimate of drug-likeness (QED) is 0.148. The molecule has 6 nitrogen and oxygen atoms in total. The predicted molar refractivity (Wildman–Crippen MR) is 196 cm³/mol. The van der Waals surface area contributed by atoms with Crippen LogP contribution in [0.4, 0.5) is 0 Å². The Labute approximate surface area is 277 Å². The molecule has 0 radical (unpaired) electrons. The molecule has 0 amide bonds. The Morgan fingerprint density at radius 1 is 0.521 bits per heavy atom. The Kier molecular flexibility index (Phi) is 7.43. The average Bonchev–Trinajstić information content (AvgIpc) is 3.97. The summed E-state index contributed by atoms with van der Waals surface area (Å²) in [5, 5.41) is 0. The van der Waals surface area contributed by atoms with Crippen LogP contribution in [-0.4, -0.2) is 33.0 Å². The van der Waals surface area contributed by atoms with Crippen molar-refractivity contribution >= 4 is 58.4 Å². The molecule has 3 aromatic heterocycles. The SMILES string of the molecule is COC(=O)/C=C/c1c2nc(c(-c3ccccc3)c3ccc([nH]3)c(-c3ccccc3)c3nc(c(-c4ccccc4)c4ccc1[nH]4)C=C3)C=C2. The third-order valence-corrected chi connectivity index (χ3v) is 8.57. The molecule has 230 valence electrons. The summed E-state index contributed by atoms with van der Waals surface area (Å²) in [4.78, 5) is 30.1. The summed E-state index contributed by atoms with van der Waals surface area (Å²) in [6, 6.07) is 39.2. The van der Waals surface area contributed by atoms with Crippen molar-refractivity contribution in [1.82, 2.24) is 19.9 Å². The number of benzene rings is 3. The molecule has 6 heteroatoms. The molecule has 6 aromatic rings. The van der Waals surface area contributed by atoms with E-state index in [1.54, 1.807) is 6.08 Å². The summed E-state index contributed by atoms with van der Waals surface area (Å²) in [6.07, 6.45) is 11.4. The summed E-state index contributed by atoms with van der Waals surface area (Å²) < 4.78 is 4.94. The molecule has 8 bridgehead atoms. The minimum Gasteiger partial charge on any atom is -0.466 e. The molecule has 48 heavy (non-hydrogen) atoms. The summed E-state index contributed by atoms with van der Waals surface area (Å²) in [7, 11) is 1.37. The molecule has 0 fully saturated rings. The lowest BCUT2D eigenvalue weighted by atomic mass is 10.0. The van der Waals surface area contributed by atoms with Crippen molar-refractivity contribution in [3.05, 3.63) is 150 Å². The van der Waals surface area contributed by atoms with Crippen molar-refractivity contribution in [2.45, 2.75) is 0 Å². The molecule has 2 aliphatic rings. The summed E-state index contributed by atoms with van der Waals surface area (Å²) in [5.41, 5.74) is 13.6. The number of hydrogen-bond donors (Lipinski definition) is 2. The number of nitrogens with zero attached hydrogens (tertiary/aromatic N) is 2. The Hall–Kier alpha value is -6.53. The number of carbonyl (C=O) groups is 1. The highest BCUT2D eigenvalue weighted by Crippen LogP contribution is 2.36. The van der Waals surface area contributed by atoms with Crippen molar-refractivity contribution < 1.29 is 9.53 Å². The summed E-state index contributed by atoms with van der Waals surface area (Å²) in [6.45, 7) is 0. The molecule has 5 heterocycles. The molecule has 0 aliphatic carbocycles. The van der Waals surface area contributed by atoms with E-state index in [-0.39, 0.29) is 0 Å². The first kappa shape index (κ1) is 28.9. The highest BCUT2D eigenvalue weighted by Gasteiger charge is 2.17. The lowest BCUT2D eigenvalue weighted by molar-refractivity contribution is -0.134. The van der Waals surface area contributed by atoms with E-state index >= 15 is 0 Å². The van der Waals surface area contributed by atoms with Gasteiger partial charge < -0.3 is 14.7 Å². The first-order valence-electron chi connectivity index (χ1n) is 15.7. The van der Waals surface area contributed by atoms with Crippen LogP contribution in [0, 0.1) is 0 Å². The molecule has 2 N–H and O–H groups in total. The number of aromatic nitrogens is 4. The number of nitrogens with one attached hydrogen (secondary N) is 2. The van der Waals surface area contributed by atoms with E-state index in [2.05, 4.69) is 88.9 Å². The normalized spacial score (nSPS) is 12.1. The van der Waals surface area contributed by atoms with E-state index in [0.717, 1.165) is 83.8 Å². The monoisotopic (exact) mass is 622 g/mol. The van der Waals surface area contributed by atoms with Crippen LogP contribution >= 0.6 is 0 Å². The van der Waals surface area contributed by atoms with Gasteiger partial charge in [-0.3, -0.25) is 0 Å². The molecule has 8 rings (SSSR count). The van der Waals surface area contributed by atoms with E-state index in [9.17, 15) is 4.79 Å². The lowest BCUT2D eigenvalue weighted by Crippen LogP contribution is -1.94. The highest BCUT2D eigenvalue weighted by atomic mass is 16.5. The number of hydrogen-bond acceptors (Lipinski definition) is 4. The zero-order chi connectivity index (χ0) is 32.5. The number of carbonyl (C=O) groups excluding carboxylic acids is 1. The van der Waals surface area contributed by atoms with Crippen molar-refractivity contribution in [3.63, 3.8) is 0 Å². The fourth-order valence-corrected chi connectivity index (χ4v) is 6.35. The standard InChI is InChI=1S/C42H30N4O2/c1-48-39(47)26-17-30-31-18-20-33(43-31)40(27-11-5-2-6-12-27)35-22-24-37(45-35)42(29-15-9-4-10-16-29)38-25-23-36(46-38)41(28-13-7-3-8-14-28)34-21-19-32(30)44-34/h2-26,43,46H,1H3/b26-17+,31-30?,32-30?,40-33?,40-35?,41-34?,41-36?,42-37?,42-38?. The molecule has 0 saturated carbocycles. The van der Waals surface area contributed by atoms with Gasteiger partial charge in [-0.25, -0.2) is 14.8 Å². The van der Waals surface area contributed by atoms with Gasteiger partial charge in [-0.15, -0.1) is 0 Å². The molecule has 3 aromatic carbocycles. The third kappa shape index (κ3) is 5.35. The van der Waals surface area contributed by atoms with Crippen LogP contribution < -0.4 is 0 Å². The number of esters is 1. The zero-order valence-corrected chi connectivity index (χ0v) is 26.1. The fourth-order valence-electron chi connectivity index (χ4n) is 6.35. The van der Waals surface area contributed by atoms with Crippen molar-refractivity contribution in [1.29, 1.82) is 0 Å². The van der Waals surface area contributed by atoms with E-state index < -0.39 is 5.97 Å². The number of aromatic amines is 2.